The third-order valence-electron chi connectivity index (χ3n) is 7.49. The summed E-state index contributed by atoms with van der Waals surface area (Å²) in [6, 6.07) is 10.4. The molecule has 1 saturated heterocycles. The van der Waals surface area contributed by atoms with Gasteiger partial charge in [0.05, 0.1) is 25.3 Å². The third kappa shape index (κ3) is 9.53. The summed E-state index contributed by atoms with van der Waals surface area (Å²) in [5.41, 5.74) is 1.92. The average Bonchev–Trinajstić information content (AvgIpc) is 3.57. The molecule has 2 aliphatic rings. The van der Waals surface area contributed by atoms with Gasteiger partial charge in [-0.2, -0.15) is 13.2 Å². The van der Waals surface area contributed by atoms with Gasteiger partial charge in [-0.15, -0.1) is 10.2 Å². The number of para-hydroxylation sites is 1. The number of nitrogens with zero attached hydrogens (tertiary/aromatic N) is 4. The van der Waals surface area contributed by atoms with E-state index in [9.17, 15) is 22.4 Å². The van der Waals surface area contributed by atoms with Crippen LogP contribution in [-0.4, -0.2) is 73.2 Å². The summed E-state index contributed by atoms with van der Waals surface area (Å²) >= 11 is 0. The number of halogens is 4. The van der Waals surface area contributed by atoms with Gasteiger partial charge in [-0.3, -0.25) is 4.79 Å². The van der Waals surface area contributed by atoms with Crippen LogP contribution in [0.25, 0.3) is 0 Å². The van der Waals surface area contributed by atoms with Crippen molar-refractivity contribution in [2.45, 2.75) is 64.1 Å². The quantitative estimate of drug-likeness (QED) is 0.166. The summed E-state index contributed by atoms with van der Waals surface area (Å²) in [6.07, 6.45) is -4.46. The van der Waals surface area contributed by atoms with Crippen LogP contribution >= 0.6 is 0 Å². The number of carbonyl (C=O) groups is 1. The van der Waals surface area contributed by atoms with E-state index in [-0.39, 0.29) is 59.5 Å². The van der Waals surface area contributed by atoms with Crippen LogP contribution in [0.4, 0.5) is 28.9 Å². The number of anilines is 2. The third-order valence-corrected chi connectivity index (χ3v) is 7.49. The zero-order valence-electron chi connectivity index (χ0n) is 26.5. The fraction of sp³-hybridized carbons (Fsp3) is 0.484. The molecule has 0 radical (unpaired) electrons. The van der Waals surface area contributed by atoms with Crippen molar-refractivity contribution in [3.63, 3.8) is 0 Å². The molecule has 244 valence electrons. The molecule has 2 N–H and O–H groups in total. The number of fused-ring (bicyclic) bond motifs is 1. The number of amides is 1. The van der Waals surface area contributed by atoms with Gasteiger partial charge in [-0.1, -0.05) is 32.0 Å². The maximum absolute atomic E-state index is 14.9. The van der Waals surface area contributed by atoms with Crippen LogP contribution in [0, 0.1) is 7.43 Å². The van der Waals surface area contributed by atoms with Crippen molar-refractivity contribution in [2.75, 3.05) is 44.0 Å². The minimum atomic E-state index is -4.50. The molecule has 5 rings (SSSR count). The molecule has 9 nitrogen and oxygen atoms in total. The standard InChI is InChI=1S/C28H32F4N6O3.C2H6.CH3.Cd/c1-37-12-10-19(29)21(11-13-37)34-20-7-5-8-22-18(20)14-23(38(22)16-28(30,31)32)27-36-35-25(41-27)15-33-26(39)17-6-3-4-9-24(17)40-2;1-2;;/h3-9,19,21,23,34H,10-16H2,1-2H3,(H,33,39);1-2H3;1H3;/q;;-1;. The Balaban J connectivity index is 0.00000173. The maximum Gasteiger partial charge on any atom is 0.405 e. The Labute approximate surface area is 282 Å². The molecule has 1 amide bonds. The molecule has 3 aromatic rings. The van der Waals surface area contributed by atoms with E-state index in [1.807, 2.05) is 20.9 Å². The van der Waals surface area contributed by atoms with Crippen LogP contribution < -0.4 is 20.3 Å². The van der Waals surface area contributed by atoms with Gasteiger partial charge in [-0.25, -0.2) is 4.39 Å². The maximum atomic E-state index is 14.9. The number of alkyl halides is 4. The minimum absolute atomic E-state index is 0. The van der Waals surface area contributed by atoms with Crippen molar-refractivity contribution >= 4 is 17.3 Å². The van der Waals surface area contributed by atoms with Crippen molar-refractivity contribution in [1.82, 2.24) is 20.4 Å². The number of nitrogens with one attached hydrogen (secondary N) is 2. The molecule has 2 aromatic carbocycles. The molecule has 3 unspecified atom stereocenters. The Hall–Kier alpha value is -2.95. The molecule has 0 bridgehead atoms. The summed E-state index contributed by atoms with van der Waals surface area (Å²) in [4.78, 5) is 15.9. The Morgan fingerprint density at radius 1 is 1.09 bits per heavy atom. The second-order valence-corrected chi connectivity index (χ2v) is 10.3. The second kappa shape index (κ2) is 17.1. The molecule has 1 aromatic heterocycles. The van der Waals surface area contributed by atoms with E-state index in [0.717, 1.165) is 0 Å². The van der Waals surface area contributed by atoms with E-state index < -0.39 is 36.9 Å². The number of benzene rings is 2. The minimum Gasteiger partial charge on any atom is -0.496 e. The van der Waals surface area contributed by atoms with Crippen LogP contribution in [0.5, 0.6) is 5.75 Å². The monoisotopic (exact) mass is 735 g/mol. The van der Waals surface area contributed by atoms with Crippen molar-refractivity contribution in [2.24, 2.45) is 0 Å². The van der Waals surface area contributed by atoms with Crippen LogP contribution in [0.2, 0.25) is 0 Å². The average molecular weight is 734 g/mol. The van der Waals surface area contributed by atoms with E-state index in [1.54, 1.807) is 42.5 Å². The molecule has 0 aliphatic carbocycles. The normalized spacial score (nSPS) is 19.6. The van der Waals surface area contributed by atoms with E-state index in [1.165, 1.54) is 12.0 Å². The molecule has 3 atom stereocenters. The number of aromatic nitrogens is 2. The second-order valence-electron chi connectivity index (χ2n) is 10.3. The topological polar surface area (TPSA) is 95.8 Å². The van der Waals surface area contributed by atoms with Crippen molar-refractivity contribution in [3.05, 3.63) is 72.8 Å². The predicted octanol–water partition coefficient (Wildman–Crippen LogP) is 5.99. The largest absolute Gasteiger partial charge is 0.496 e. The van der Waals surface area contributed by atoms with Crippen molar-refractivity contribution in [1.29, 1.82) is 0 Å². The van der Waals surface area contributed by atoms with Gasteiger partial charge in [0.2, 0.25) is 11.8 Å². The Kier molecular flexibility index (Phi) is 14.5. The van der Waals surface area contributed by atoms with E-state index in [0.29, 0.717) is 54.2 Å². The molecule has 1 fully saturated rings. The number of likely N-dealkylation sites (tertiary alicyclic amines) is 1. The molecule has 0 saturated carbocycles. The van der Waals surface area contributed by atoms with Crippen LogP contribution in [0.15, 0.2) is 46.9 Å². The predicted molar refractivity (Wildman–Crippen MR) is 162 cm³/mol. The molecular formula is C31H41CdF4N6O3-. The zero-order valence-corrected chi connectivity index (χ0v) is 30.5. The van der Waals surface area contributed by atoms with Gasteiger partial charge in [0.1, 0.15) is 24.5 Å². The Morgan fingerprint density at radius 2 is 1.80 bits per heavy atom. The summed E-state index contributed by atoms with van der Waals surface area (Å²) in [5, 5.41) is 13.9. The number of hydrogen-bond acceptors (Lipinski definition) is 8. The first-order valence-electron chi connectivity index (χ1n) is 14.4. The molecule has 45 heavy (non-hydrogen) atoms. The van der Waals surface area contributed by atoms with Crippen molar-refractivity contribution in [3.8, 4) is 5.75 Å². The van der Waals surface area contributed by atoms with Gasteiger partial charge in [0.15, 0.2) is 0 Å². The van der Waals surface area contributed by atoms with Crippen LogP contribution in [0.3, 0.4) is 0 Å². The molecule has 3 heterocycles. The summed E-state index contributed by atoms with van der Waals surface area (Å²) in [6.45, 7) is 4.01. The van der Waals surface area contributed by atoms with Crippen LogP contribution in [-0.2, 0) is 40.3 Å². The SMILES string of the molecule is CC.COc1ccccc1C(=O)NCc1nnc(C2Cc3c(NC4CCN(C)CCC4F)cccc3N2CC(F)(F)F)o1.[CH3-].[Cd]. The summed E-state index contributed by atoms with van der Waals surface area (Å²) in [5.74, 6) is 0.00705. The first-order chi connectivity index (χ1) is 20.6. The molecule has 14 heteroatoms. The van der Waals surface area contributed by atoms with E-state index in [4.69, 9.17) is 9.15 Å². The van der Waals surface area contributed by atoms with Gasteiger partial charge in [0, 0.05) is 57.2 Å². The smallest absolute Gasteiger partial charge is 0.405 e. The molecule has 2 aliphatic heterocycles. The van der Waals surface area contributed by atoms with E-state index in [2.05, 4.69) is 25.7 Å². The van der Waals surface area contributed by atoms with Gasteiger partial charge in [0.25, 0.3) is 5.91 Å². The van der Waals surface area contributed by atoms with Gasteiger partial charge in [-0.05, 0) is 50.7 Å². The first kappa shape index (κ1) is 38.2. The van der Waals surface area contributed by atoms with Crippen molar-refractivity contribution < 1.29 is 58.8 Å². The summed E-state index contributed by atoms with van der Waals surface area (Å²) < 4.78 is 67.0. The number of methoxy groups -OCH3 is 1. The Morgan fingerprint density at radius 3 is 2.51 bits per heavy atom. The molecule has 0 spiro atoms. The number of carbonyl (C=O) groups excluding carboxylic acids is 1. The molecular weight excluding hydrogens is 693 g/mol. The van der Waals surface area contributed by atoms with Gasteiger partial charge >= 0.3 is 6.18 Å². The zero-order chi connectivity index (χ0) is 31.1. The number of ether oxygens (including phenoxy) is 1. The fourth-order valence-corrected chi connectivity index (χ4v) is 5.39. The van der Waals surface area contributed by atoms with Gasteiger partial charge < -0.3 is 37.0 Å². The number of rotatable bonds is 8. The fourth-order valence-electron chi connectivity index (χ4n) is 5.39. The number of hydrogen-bond donors (Lipinski definition) is 2. The first-order valence-corrected chi connectivity index (χ1v) is 14.4. The van der Waals surface area contributed by atoms with Crippen LogP contribution in [0.1, 0.15) is 60.4 Å². The summed E-state index contributed by atoms with van der Waals surface area (Å²) in [7, 11) is 3.40. The van der Waals surface area contributed by atoms with E-state index >= 15 is 0 Å². The Bertz CT molecular complexity index is 1380.